The van der Waals surface area contributed by atoms with E-state index in [0.29, 0.717) is 24.9 Å². The van der Waals surface area contributed by atoms with Gasteiger partial charge in [-0.15, -0.1) is 10.2 Å². The van der Waals surface area contributed by atoms with Gasteiger partial charge < -0.3 is 14.1 Å². The Labute approximate surface area is 159 Å². The van der Waals surface area contributed by atoms with Gasteiger partial charge in [0.2, 0.25) is 11.8 Å². The minimum atomic E-state index is -0.478. The number of aromatic nitrogens is 2. The van der Waals surface area contributed by atoms with Gasteiger partial charge in [-0.1, -0.05) is 12.1 Å². The summed E-state index contributed by atoms with van der Waals surface area (Å²) in [5.74, 6) is 0.461. The Balaban J connectivity index is 1.38. The molecule has 1 atom stereocenters. The van der Waals surface area contributed by atoms with Crippen molar-refractivity contribution in [2.75, 3.05) is 19.7 Å². The van der Waals surface area contributed by atoms with Crippen LogP contribution in [-0.2, 0) is 4.79 Å². The van der Waals surface area contributed by atoms with Crippen molar-refractivity contribution in [2.45, 2.75) is 18.8 Å². The smallest absolute Gasteiger partial charge is 0.260 e. The number of piperidine rings is 1. The SMILES string of the molecule is O=C(COc1ccccc1F)N1CCCC(c2nnc(-c3ccsc3)o2)C1. The molecule has 3 heterocycles. The van der Waals surface area contributed by atoms with Crippen molar-refractivity contribution < 1.29 is 18.3 Å². The molecule has 0 bridgehead atoms. The van der Waals surface area contributed by atoms with E-state index in [9.17, 15) is 9.18 Å². The van der Waals surface area contributed by atoms with Gasteiger partial charge in [0.25, 0.3) is 5.91 Å². The Morgan fingerprint density at radius 2 is 2.22 bits per heavy atom. The van der Waals surface area contributed by atoms with Gasteiger partial charge in [0.15, 0.2) is 18.2 Å². The molecule has 27 heavy (non-hydrogen) atoms. The highest BCUT2D eigenvalue weighted by molar-refractivity contribution is 7.08. The number of benzene rings is 1. The molecule has 0 spiro atoms. The molecule has 1 fully saturated rings. The predicted molar refractivity (Wildman–Crippen MR) is 98.1 cm³/mol. The lowest BCUT2D eigenvalue weighted by Gasteiger charge is -2.31. The van der Waals surface area contributed by atoms with E-state index < -0.39 is 5.82 Å². The number of para-hydroxylation sites is 1. The Morgan fingerprint density at radius 1 is 1.33 bits per heavy atom. The second-order valence-corrected chi connectivity index (χ2v) is 7.14. The minimum Gasteiger partial charge on any atom is -0.481 e. The summed E-state index contributed by atoms with van der Waals surface area (Å²) in [6.45, 7) is 0.934. The highest BCUT2D eigenvalue weighted by Gasteiger charge is 2.29. The zero-order valence-electron chi connectivity index (χ0n) is 14.5. The van der Waals surface area contributed by atoms with E-state index in [4.69, 9.17) is 9.15 Å². The molecule has 1 aliphatic heterocycles. The summed E-state index contributed by atoms with van der Waals surface area (Å²) >= 11 is 1.57. The summed E-state index contributed by atoms with van der Waals surface area (Å²) in [5, 5.41) is 12.2. The Kier molecular flexibility index (Phi) is 5.15. The quantitative estimate of drug-likeness (QED) is 0.667. The first-order chi connectivity index (χ1) is 13.2. The fourth-order valence-electron chi connectivity index (χ4n) is 3.10. The molecule has 1 unspecified atom stereocenters. The van der Waals surface area contributed by atoms with Gasteiger partial charge in [0.05, 0.1) is 5.92 Å². The van der Waals surface area contributed by atoms with Crippen LogP contribution in [0.3, 0.4) is 0 Å². The molecule has 8 heteroatoms. The second kappa shape index (κ2) is 7.87. The molecule has 1 aromatic carbocycles. The van der Waals surface area contributed by atoms with Crippen molar-refractivity contribution in [1.82, 2.24) is 15.1 Å². The van der Waals surface area contributed by atoms with E-state index in [0.717, 1.165) is 18.4 Å². The number of rotatable bonds is 5. The lowest BCUT2D eigenvalue weighted by molar-refractivity contribution is -0.134. The van der Waals surface area contributed by atoms with Gasteiger partial charge in [0.1, 0.15) is 0 Å². The average molecular weight is 387 g/mol. The van der Waals surface area contributed by atoms with Crippen molar-refractivity contribution in [3.63, 3.8) is 0 Å². The van der Waals surface area contributed by atoms with E-state index in [-0.39, 0.29) is 24.2 Å². The van der Waals surface area contributed by atoms with Crippen LogP contribution in [0.2, 0.25) is 0 Å². The number of amides is 1. The molecule has 1 saturated heterocycles. The van der Waals surface area contributed by atoms with Gasteiger partial charge >= 0.3 is 0 Å². The number of hydrogen-bond acceptors (Lipinski definition) is 6. The third kappa shape index (κ3) is 4.00. The number of likely N-dealkylation sites (tertiary alicyclic amines) is 1. The number of thiophene rings is 1. The first-order valence-corrected chi connectivity index (χ1v) is 9.66. The highest BCUT2D eigenvalue weighted by atomic mass is 32.1. The number of carbonyl (C=O) groups is 1. The zero-order valence-corrected chi connectivity index (χ0v) is 15.3. The summed E-state index contributed by atoms with van der Waals surface area (Å²) in [6, 6.07) is 7.98. The van der Waals surface area contributed by atoms with Gasteiger partial charge in [0, 0.05) is 24.0 Å². The fourth-order valence-corrected chi connectivity index (χ4v) is 3.73. The van der Waals surface area contributed by atoms with Crippen molar-refractivity contribution in [1.29, 1.82) is 0 Å². The molecule has 6 nitrogen and oxygen atoms in total. The van der Waals surface area contributed by atoms with E-state index >= 15 is 0 Å². The normalized spacial score (nSPS) is 17.1. The number of halogens is 1. The molecule has 0 radical (unpaired) electrons. The summed E-state index contributed by atoms with van der Waals surface area (Å²) in [6.07, 6.45) is 1.72. The van der Waals surface area contributed by atoms with Gasteiger partial charge in [-0.25, -0.2) is 4.39 Å². The van der Waals surface area contributed by atoms with Crippen LogP contribution in [0.4, 0.5) is 4.39 Å². The average Bonchev–Trinajstić information content (AvgIpc) is 3.39. The first-order valence-electron chi connectivity index (χ1n) is 8.72. The minimum absolute atomic E-state index is 0.00366. The number of hydrogen-bond donors (Lipinski definition) is 0. The Hall–Kier alpha value is -2.74. The Morgan fingerprint density at radius 3 is 3.04 bits per heavy atom. The zero-order chi connectivity index (χ0) is 18.6. The van der Waals surface area contributed by atoms with Crippen LogP contribution in [-0.4, -0.2) is 40.7 Å². The van der Waals surface area contributed by atoms with Crippen LogP contribution in [0.5, 0.6) is 5.75 Å². The summed E-state index contributed by atoms with van der Waals surface area (Å²) in [5.41, 5.74) is 0.903. The molecular formula is C19H18FN3O3S. The Bertz CT molecular complexity index is 913. The first kappa shape index (κ1) is 17.7. The number of ether oxygens (including phenoxy) is 1. The third-order valence-electron chi connectivity index (χ3n) is 4.52. The number of nitrogens with zero attached hydrogens (tertiary/aromatic N) is 3. The third-order valence-corrected chi connectivity index (χ3v) is 5.20. The molecule has 1 aliphatic rings. The molecular weight excluding hydrogens is 369 g/mol. The van der Waals surface area contributed by atoms with Crippen molar-refractivity contribution in [2.24, 2.45) is 0 Å². The van der Waals surface area contributed by atoms with Gasteiger partial charge in [-0.2, -0.15) is 11.3 Å². The predicted octanol–water partition coefficient (Wildman–Crippen LogP) is 3.72. The fraction of sp³-hybridized carbons (Fsp3) is 0.316. The van der Waals surface area contributed by atoms with Crippen molar-refractivity contribution in [3.8, 4) is 17.2 Å². The van der Waals surface area contributed by atoms with Crippen molar-refractivity contribution in [3.05, 3.63) is 52.8 Å². The standard InChI is InChI=1S/C19H18FN3O3S/c20-15-5-1-2-6-16(15)25-11-17(24)23-8-3-4-13(10-23)18-21-22-19(26-18)14-7-9-27-12-14/h1-2,5-7,9,12-13H,3-4,8,10-11H2. The monoisotopic (exact) mass is 387 g/mol. The van der Waals surface area contributed by atoms with E-state index in [1.165, 1.54) is 12.1 Å². The molecule has 0 aliphatic carbocycles. The van der Waals surface area contributed by atoms with Gasteiger partial charge in [-0.3, -0.25) is 4.79 Å². The maximum atomic E-state index is 13.6. The highest BCUT2D eigenvalue weighted by Crippen LogP contribution is 2.29. The largest absolute Gasteiger partial charge is 0.481 e. The van der Waals surface area contributed by atoms with E-state index in [2.05, 4.69) is 10.2 Å². The lowest BCUT2D eigenvalue weighted by Crippen LogP contribution is -2.41. The molecule has 4 rings (SSSR count). The van der Waals surface area contributed by atoms with Crippen LogP contribution in [0.25, 0.3) is 11.5 Å². The molecule has 3 aromatic rings. The summed E-state index contributed by atoms with van der Waals surface area (Å²) in [7, 11) is 0. The van der Waals surface area contributed by atoms with E-state index in [1.807, 2.05) is 16.8 Å². The van der Waals surface area contributed by atoms with Crippen LogP contribution in [0.15, 0.2) is 45.5 Å². The molecule has 0 saturated carbocycles. The van der Waals surface area contributed by atoms with Crippen LogP contribution >= 0.6 is 11.3 Å². The van der Waals surface area contributed by atoms with Crippen LogP contribution < -0.4 is 4.74 Å². The number of carbonyl (C=O) groups excluding carboxylic acids is 1. The summed E-state index contributed by atoms with van der Waals surface area (Å²) < 4.78 is 24.7. The molecule has 2 aromatic heterocycles. The van der Waals surface area contributed by atoms with Crippen molar-refractivity contribution >= 4 is 17.2 Å². The molecule has 140 valence electrons. The second-order valence-electron chi connectivity index (χ2n) is 6.36. The topological polar surface area (TPSA) is 68.5 Å². The summed E-state index contributed by atoms with van der Waals surface area (Å²) in [4.78, 5) is 14.2. The van der Waals surface area contributed by atoms with Crippen LogP contribution in [0, 0.1) is 5.82 Å². The van der Waals surface area contributed by atoms with Gasteiger partial charge in [-0.05, 0) is 36.4 Å². The van der Waals surface area contributed by atoms with E-state index in [1.54, 1.807) is 28.4 Å². The maximum absolute atomic E-state index is 13.6. The maximum Gasteiger partial charge on any atom is 0.260 e. The lowest BCUT2D eigenvalue weighted by atomic mass is 9.98. The molecule has 1 amide bonds. The van der Waals surface area contributed by atoms with Crippen LogP contribution in [0.1, 0.15) is 24.7 Å². The molecule has 0 N–H and O–H groups in total.